The van der Waals surface area contributed by atoms with Gasteiger partial charge in [0, 0.05) is 17.1 Å². The smallest absolute Gasteiger partial charge is 0.224 e. The third kappa shape index (κ3) is 5.50. The molecule has 4 heteroatoms. The second kappa shape index (κ2) is 8.91. The number of nitrogens with one attached hydrogen (secondary N) is 1. The van der Waals surface area contributed by atoms with Gasteiger partial charge in [-0.25, -0.2) is 0 Å². The molecule has 0 saturated heterocycles. The largest absolute Gasteiger partial charge is 0.494 e. The highest BCUT2D eigenvalue weighted by atomic mass is 35.5. The van der Waals surface area contributed by atoms with Crippen LogP contribution in [0, 0.1) is 13.8 Å². The Labute approximate surface area is 155 Å². The van der Waals surface area contributed by atoms with E-state index in [1.807, 2.05) is 44.2 Å². The van der Waals surface area contributed by atoms with E-state index < -0.39 is 0 Å². The molecule has 0 aliphatic carbocycles. The summed E-state index contributed by atoms with van der Waals surface area (Å²) in [5, 5.41) is 3.78. The highest BCUT2D eigenvalue weighted by Crippen LogP contribution is 2.26. The second-order valence-corrected chi connectivity index (χ2v) is 6.99. The summed E-state index contributed by atoms with van der Waals surface area (Å²) in [6, 6.07) is 11.8. The van der Waals surface area contributed by atoms with Gasteiger partial charge in [0.25, 0.3) is 0 Å². The van der Waals surface area contributed by atoms with Crippen molar-refractivity contribution in [2.75, 3.05) is 11.9 Å². The molecule has 25 heavy (non-hydrogen) atoms. The van der Waals surface area contributed by atoms with Crippen LogP contribution in [0.1, 0.15) is 49.3 Å². The Balaban J connectivity index is 1.82. The molecule has 3 nitrogen and oxygen atoms in total. The molecule has 2 aromatic rings. The van der Waals surface area contributed by atoms with E-state index in [4.69, 9.17) is 16.3 Å². The van der Waals surface area contributed by atoms with E-state index in [1.165, 1.54) is 0 Å². The molecule has 0 fully saturated rings. The molecule has 0 atom stereocenters. The number of hydrogen-bond acceptors (Lipinski definition) is 2. The van der Waals surface area contributed by atoms with Crippen molar-refractivity contribution in [2.45, 2.75) is 46.5 Å². The van der Waals surface area contributed by atoms with Crippen LogP contribution in [0.2, 0.25) is 5.02 Å². The van der Waals surface area contributed by atoms with E-state index in [0.29, 0.717) is 25.4 Å². The molecule has 0 spiro atoms. The standard InChI is InChI=1S/C21H26ClNO2/c1-14(2)18-8-5-6-9-19(18)23-20(24)10-7-11-25-17-12-15(3)21(22)16(4)13-17/h5-6,8-9,12-14H,7,10-11H2,1-4H3,(H,23,24). The molecule has 0 radical (unpaired) electrons. The van der Waals surface area contributed by atoms with Crippen molar-refractivity contribution in [3.63, 3.8) is 0 Å². The first kappa shape index (κ1) is 19.3. The van der Waals surface area contributed by atoms with Crippen LogP contribution in [-0.4, -0.2) is 12.5 Å². The van der Waals surface area contributed by atoms with E-state index in [9.17, 15) is 4.79 Å². The first-order chi connectivity index (χ1) is 11.9. The number of benzene rings is 2. The zero-order chi connectivity index (χ0) is 18.4. The van der Waals surface area contributed by atoms with Crippen LogP contribution in [0.25, 0.3) is 0 Å². The molecule has 0 unspecified atom stereocenters. The van der Waals surface area contributed by atoms with Gasteiger partial charge >= 0.3 is 0 Å². The average molecular weight is 360 g/mol. The maximum atomic E-state index is 12.2. The van der Waals surface area contributed by atoms with Gasteiger partial charge in [-0.2, -0.15) is 0 Å². The predicted molar refractivity (Wildman–Crippen MR) is 105 cm³/mol. The molecule has 1 amide bonds. The van der Waals surface area contributed by atoms with Gasteiger partial charge in [-0.3, -0.25) is 4.79 Å². The minimum absolute atomic E-state index is 0.0140. The van der Waals surface area contributed by atoms with Crippen LogP contribution in [0.15, 0.2) is 36.4 Å². The Kier molecular flexibility index (Phi) is 6.89. The summed E-state index contributed by atoms with van der Waals surface area (Å²) in [5.41, 5.74) is 4.05. The Bertz CT molecular complexity index is 717. The van der Waals surface area contributed by atoms with E-state index in [-0.39, 0.29) is 5.91 Å². The van der Waals surface area contributed by atoms with Gasteiger partial charge in [0.15, 0.2) is 0 Å². The van der Waals surface area contributed by atoms with Gasteiger partial charge < -0.3 is 10.1 Å². The molecule has 134 valence electrons. The third-order valence-corrected chi connectivity index (χ3v) is 4.68. The minimum atomic E-state index is 0.0140. The monoisotopic (exact) mass is 359 g/mol. The summed E-state index contributed by atoms with van der Waals surface area (Å²) in [7, 11) is 0. The summed E-state index contributed by atoms with van der Waals surface area (Å²) >= 11 is 6.16. The van der Waals surface area contributed by atoms with Gasteiger partial charge in [-0.05, 0) is 61.1 Å². The van der Waals surface area contributed by atoms with Crippen molar-refractivity contribution in [3.05, 3.63) is 58.1 Å². The number of ether oxygens (including phenoxy) is 1. The fourth-order valence-corrected chi connectivity index (χ4v) is 2.85. The van der Waals surface area contributed by atoms with Crippen molar-refractivity contribution in [1.29, 1.82) is 0 Å². The molecule has 2 aromatic carbocycles. The van der Waals surface area contributed by atoms with Crippen molar-refractivity contribution in [3.8, 4) is 5.75 Å². The number of amides is 1. The Morgan fingerprint density at radius 2 is 1.80 bits per heavy atom. The van der Waals surface area contributed by atoms with Crippen LogP contribution < -0.4 is 10.1 Å². The van der Waals surface area contributed by atoms with Gasteiger partial charge in [0.05, 0.1) is 6.61 Å². The number of carbonyl (C=O) groups is 1. The van der Waals surface area contributed by atoms with Gasteiger partial charge in [0.1, 0.15) is 5.75 Å². The Morgan fingerprint density at radius 1 is 1.16 bits per heavy atom. The van der Waals surface area contributed by atoms with E-state index in [1.54, 1.807) is 0 Å². The maximum Gasteiger partial charge on any atom is 0.224 e. The predicted octanol–water partition coefficient (Wildman–Crippen LogP) is 5.88. The lowest BCUT2D eigenvalue weighted by Crippen LogP contribution is -2.14. The van der Waals surface area contributed by atoms with Crippen LogP contribution in [-0.2, 0) is 4.79 Å². The zero-order valence-electron chi connectivity index (χ0n) is 15.4. The lowest BCUT2D eigenvalue weighted by molar-refractivity contribution is -0.116. The lowest BCUT2D eigenvalue weighted by atomic mass is 10.0. The summed E-state index contributed by atoms with van der Waals surface area (Å²) in [5.74, 6) is 1.18. The third-order valence-electron chi connectivity index (χ3n) is 4.08. The summed E-state index contributed by atoms with van der Waals surface area (Å²) < 4.78 is 5.75. The molecule has 0 aromatic heterocycles. The van der Waals surface area contributed by atoms with Crippen LogP contribution in [0.5, 0.6) is 5.75 Å². The number of para-hydroxylation sites is 1. The van der Waals surface area contributed by atoms with E-state index >= 15 is 0 Å². The molecule has 0 heterocycles. The van der Waals surface area contributed by atoms with Gasteiger partial charge in [0.2, 0.25) is 5.91 Å². The SMILES string of the molecule is Cc1cc(OCCCC(=O)Nc2ccccc2C(C)C)cc(C)c1Cl. The number of aryl methyl sites for hydroxylation is 2. The number of anilines is 1. The first-order valence-electron chi connectivity index (χ1n) is 8.66. The Morgan fingerprint density at radius 3 is 2.44 bits per heavy atom. The lowest BCUT2D eigenvalue weighted by Gasteiger charge is -2.14. The summed E-state index contributed by atoms with van der Waals surface area (Å²) in [4.78, 5) is 12.2. The zero-order valence-corrected chi connectivity index (χ0v) is 16.1. The summed E-state index contributed by atoms with van der Waals surface area (Å²) in [6.45, 7) is 8.66. The minimum Gasteiger partial charge on any atom is -0.494 e. The molecule has 2 rings (SSSR count). The first-order valence-corrected chi connectivity index (χ1v) is 9.04. The average Bonchev–Trinajstić information content (AvgIpc) is 2.56. The molecular weight excluding hydrogens is 334 g/mol. The molecule has 0 saturated carbocycles. The molecule has 0 aliphatic rings. The summed E-state index contributed by atoms with van der Waals surface area (Å²) in [6.07, 6.45) is 1.09. The van der Waals surface area contributed by atoms with Crippen LogP contribution in [0.3, 0.4) is 0 Å². The molecule has 1 N–H and O–H groups in total. The highest BCUT2D eigenvalue weighted by molar-refractivity contribution is 6.32. The van der Waals surface area contributed by atoms with Crippen molar-refractivity contribution in [1.82, 2.24) is 0 Å². The topological polar surface area (TPSA) is 38.3 Å². The van der Waals surface area contributed by atoms with Crippen LogP contribution in [0.4, 0.5) is 5.69 Å². The van der Waals surface area contributed by atoms with Gasteiger partial charge in [-0.15, -0.1) is 0 Å². The van der Waals surface area contributed by atoms with Crippen molar-refractivity contribution in [2.24, 2.45) is 0 Å². The Hall–Kier alpha value is -2.00. The highest BCUT2D eigenvalue weighted by Gasteiger charge is 2.09. The fraction of sp³-hybridized carbons (Fsp3) is 0.381. The number of hydrogen-bond donors (Lipinski definition) is 1. The molecule has 0 bridgehead atoms. The van der Waals surface area contributed by atoms with Gasteiger partial charge in [-0.1, -0.05) is 43.6 Å². The normalized spacial score (nSPS) is 10.8. The number of rotatable bonds is 7. The maximum absolute atomic E-state index is 12.2. The number of halogens is 1. The molecule has 0 aliphatic heterocycles. The second-order valence-electron chi connectivity index (χ2n) is 6.61. The number of carbonyl (C=O) groups excluding carboxylic acids is 1. The molecular formula is C21H26ClNO2. The van der Waals surface area contributed by atoms with E-state index in [2.05, 4.69) is 25.2 Å². The van der Waals surface area contributed by atoms with Crippen LogP contribution >= 0.6 is 11.6 Å². The quantitative estimate of drug-likeness (QED) is 0.627. The van der Waals surface area contributed by atoms with E-state index in [0.717, 1.165) is 33.1 Å². The van der Waals surface area contributed by atoms with Crippen molar-refractivity contribution < 1.29 is 9.53 Å². The van der Waals surface area contributed by atoms with Crippen molar-refractivity contribution >= 4 is 23.2 Å². The fourth-order valence-electron chi connectivity index (χ4n) is 2.74.